The molecule has 0 bridgehead atoms. The molecule has 3 rings (SSSR count). The van der Waals surface area contributed by atoms with Gasteiger partial charge in [0.2, 0.25) is 0 Å². The van der Waals surface area contributed by atoms with E-state index in [4.69, 9.17) is 16.0 Å². The van der Waals surface area contributed by atoms with Crippen LogP contribution in [0.25, 0.3) is 11.0 Å². The number of nitrogens with zero attached hydrogens (tertiary/aromatic N) is 3. The maximum Gasteiger partial charge on any atom is 0.192 e. The van der Waals surface area contributed by atoms with Crippen LogP contribution >= 0.6 is 11.6 Å². The zero-order valence-corrected chi connectivity index (χ0v) is 17.3. The van der Waals surface area contributed by atoms with Crippen LogP contribution in [-0.2, 0) is 4.43 Å². The van der Waals surface area contributed by atoms with Gasteiger partial charge in [0, 0.05) is 24.2 Å². The van der Waals surface area contributed by atoms with Crippen LogP contribution in [0.2, 0.25) is 23.3 Å². The van der Waals surface area contributed by atoms with E-state index < -0.39 is 8.32 Å². The number of rotatable bonds is 4. The van der Waals surface area contributed by atoms with Gasteiger partial charge in [0.25, 0.3) is 0 Å². The second-order valence-electron chi connectivity index (χ2n) is 9.09. The van der Waals surface area contributed by atoms with Gasteiger partial charge in [-0.05, 0) is 48.5 Å². The molecule has 0 atom stereocenters. The lowest BCUT2D eigenvalue weighted by molar-refractivity contribution is 0.0243. The number of hydrogen-bond donors (Lipinski definition) is 0. The zero-order valence-electron chi connectivity index (χ0n) is 15.6. The Bertz CT molecular complexity index is 744. The third-order valence-electron chi connectivity index (χ3n) is 5.87. The fourth-order valence-corrected chi connectivity index (χ4v) is 4.49. The van der Waals surface area contributed by atoms with Gasteiger partial charge < -0.3 is 8.99 Å². The molecule has 0 spiro atoms. The molecule has 1 fully saturated rings. The lowest BCUT2D eigenvalue weighted by Crippen LogP contribution is -2.47. The molecule has 0 aliphatic heterocycles. The van der Waals surface area contributed by atoms with Crippen molar-refractivity contribution in [2.45, 2.75) is 64.7 Å². The molecule has 2 aromatic rings. The van der Waals surface area contributed by atoms with Crippen LogP contribution < -0.4 is 0 Å². The van der Waals surface area contributed by atoms with Crippen LogP contribution in [0.4, 0.5) is 0 Å². The van der Waals surface area contributed by atoms with Gasteiger partial charge in [0.1, 0.15) is 0 Å². The Morgan fingerprint density at radius 3 is 2.62 bits per heavy atom. The van der Waals surface area contributed by atoms with Crippen molar-refractivity contribution in [3.8, 4) is 0 Å². The van der Waals surface area contributed by atoms with E-state index in [2.05, 4.69) is 67.8 Å². The Morgan fingerprint density at radius 1 is 1.33 bits per heavy atom. The van der Waals surface area contributed by atoms with E-state index in [0.29, 0.717) is 11.2 Å². The highest BCUT2D eigenvalue weighted by Crippen LogP contribution is 2.50. The molecule has 2 aromatic heterocycles. The molecule has 1 aliphatic carbocycles. The second-order valence-corrected chi connectivity index (χ2v) is 14.3. The summed E-state index contributed by atoms with van der Waals surface area (Å²) in [7, 11) is -1.68. The lowest BCUT2D eigenvalue weighted by Gasteiger charge is -2.48. The highest BCUT2D eigenvalue weighted by molar-refractivity contribution is 6.74. The third-order valence-corrected chi connectivity index (χ3v) is 10.5. The smallest absolute Gasteiger partial charge is 0.192 e. The number of hydrogen-bond acceptors (Lipinski definition) is 3. The topological polar surface area (TPSA) is 39.9 Å². The largest absolute Gasteiger partial charge is 0.416 e. The van der Waals surface area contributed by atoms with Crippen LogP contribution in [0.1, 0.15) is 46.6 Å². The average molecular weight is 366 g/mol. The van der Waals surface area contributed by atoms with Crippen LogP contribution in [0, 0.1) is 5.41 Å². The lowest BCUT2D eigenvalue weighted by atomic mass is 9.67. The Labute approximate surface area is 150 Å². The van der Waals surface area contributed by atoms with Gasteiger partial charge in [-0.3, -0.25) is 0 Å². The van der Waals surface area contributed by atoms with Crippen molar-refractivity contribution < 1.29 is 4.43 Å². The van der Waals surface area contributed by atoms with Crippen LogP contribution in [-0.4, -0.2) is 29.7 Å². The van der Waals surface area contributed by atoms with Crippen LogP contribution in [0.3, 0.4) is 0 Å². The molecule has 0 aromatic carbocycles. The first-order chi connectivity index (χ1) is 11.0. The van der Waals surface area contributed by atoms with Crippen LogP contribution in [0.5, 0.6) is 0 Å². The standard InChI is InChI=1S/C18H28ClN3OSi/c1-17(2,3)24(5,6)23-12-18(4)10-14(11-18)22-8-7-13-9-15(19)20-21-16(13)22/h7-9,14H,10-12H2,1-6H3. The molecule has 132 valence electrons. The zero-order chi connectivity index (χ0) is 17.8. The Kier molecular flexibility index (Phi) is 4.34. The molecule has 0 amide bonds. The van der Waals surface area contributed by atoms with Crippen molar-refractivity contribution in [3.05, 3.63) is 23.5 Å². The molecule has 2 heterocycles. The second kappa shape index (κ2) is 5.82. The van der Waals surface area contributed by atoms with Gasteiger partial charge in [-0.2, -0.15) is 0 Å². The summed E-state index contributed by atoms with van der Waals surface area (Å²) in [5.74, 6) is 0. The predicted molar refractivity (Wildman–Crippen MR) is 102 cm³/mol. The monoisotopic (exact) mass is 365 g/mol. The van der Waals surface area contributed by atoms with Gasteiger partial charge in [-0.1, -0.05) is 39.3 Å². The van der Waals surface area contributed by atoms with Crippen molar-refractivity contribution in [3.63, 3.8) is 0 Å². The maximum absolute atomic E-state index is 6.45. The van der Waals surface area contributed by atoms with E-state index in [0.717, 1.165) is 30.5 Å². The first kappa shape index (κ1) is 17.9. The first-order valence-corrected chi connectivity index (χ1v) is 11.9. The van der Waals surface area contributed by atoms with E-state index in [1.807, 2.05) is 6.07 Å². The molecular weight excluding hydrogens is 338 g/mol. The van der Waals surface area contributed by atoms with Gasteiger partial charge >= 0.3 is 0 Å². The Balaban J connectivity index is 1.65. The van der Waals surface area contributed by atoms with E-state index >= 15 is 0 Å². The third kappa shape index (κ3) is 3.26. The molecule has 0 radical (unpaired) electrons. The molecule has 6 heteroatoms. The van der Waals surface area contributed by atoms with E-state index in [9.17, 15) is 0 Å². The highest BCUT2D eigenvalue weighted by atomic mass is 35.5. The summed E-state index contributed by atoms with van der Waals surface area (Å²) < 4.78 is 8.70. The minimum absolute atomic E-state index is 0.261. The van der Waals surface area contributed by atoms with E-state index in [-0.39, 0.29) is 10.5 Å². The summed E-state index contributed by atoms with van der Waals surface area (Å²) >= 11 is 5.93. The molecular formula is C18H28ClN3OSi. The molecule has 1 saturated carbocycles. The van der Waals surface area contributed by atoms with E-state index in [1.54, 1.807) is 0 Å². The maximum atomic E-state index is 6.45. The van der Waals surface area contributed by atoms with Crippen LogP contribution in [0.15, 0.2) is 18.3 Å². The van der Waals surface area contributed by atoms with E-state index in [1.165, 1.54) is 0 Å². The molecule has 0 unspecified atom stereocenters. The summed E-state index contributed by atoms with van der Waals surface area (Å²) in [5.41, 5.74) is 1.19. The van der Waals surface area contributed by atoms with Crippen molar-refractivity contribution in [1.29, 1.82) is 0 Å². The number of halogens is 1. The molecule has 24 heavy (non-hydrogen) atoms. The molecule has 1 aliphatic rings. The van der Waals surface area contributed by atoms with Gasteiger partial charge in [0.15, 0.2) is 19.1 Å². The average Bonchev–Trinajstić information content (AvgIpc) is 2.83. The number of aromatic nitrogens is 3. The quantitative estimate of drug-likeness (QED) is 0.676. The summed E-state index contributed by atoms with van der Waals surface area (Å²) in [6, 6.07) is 4.42. The van der Waals surface area contributed by atoms with Crippen molar-refractivity contribution in [2.24, 2.45) is 5.41 Å². The Hall–Kier alpha value is -0.913. The van der Waals surface area contributed by atoms with Crippen molar-refractivity contribution >= 4 is 31.0 Å². The highest BCUT2D eigenvalue weighted by Gasteiger charge is 2.45. The van der Waals surface area contributed by atoms with Crippen molar-refractivity contribution in [2.75, 3.05) is 6.61 Å². The summed E-state index contributed by atoms with van der Waals surface area (Å²) in [4.78, 5) is 0. The molecule has 0 saturated heterocycles. The Morgan fingerprint density at radius 2 is 2.00 bits per heavy atom. The SMILES string of the molecule is CC1(CO[Si](C)(C)C(C)(C)C)CC(n2ccc3cc(Cl)nnc32)C1. The summed E-state index contributed by atoms with van der Waals surface area (Å²) in [6.07, 6.45) is 4.35. The minimum Gasteiger partial charge on any atom is -0.416 e. The first-order valence-electron chi connectivity index (χ1n) is 8.65. The molecule has 4 nitrogen and oxygen atoms in total. The summed E-state index contributed by atoms with van der Waals surface area (Å²) in [5, 5.41) is 10.0. The minimum atomic E-state index is -1.68. The normalized spacial score (nSPS) is 25.0. The summed E-state index contributed by atoms with van der Waals surface area (Å²) in [6.45, 7) is 14.7. The fourth-order valence-electron chi connectivity index (χ4n) is 3.19. The predicted octanol–water partition coefficient (Wildman–Crippen LogP) is 5.45. The van der Waals surface area contributed by atoms with Gasteiger partial charge in [-0.15, -0.1) is 10.2 Å². The van der Waals surface area contributed by atoms with Crippen molar-refractivity contribution in [1.82, 2.24) is 14.8 Å². The fraction of sp³-hybridized carbons (Fsp3) is 0.667. The van der Waals surface area contributed by atoms with Gasteiger partial charge in [0.05, 0.1) is 0 Å². The molecule has 0 N–H and O–H groups in total. The number of fused-ring (bicyclic) bond motifs is 1. The van der Waals surface area contributed by atoms with Gasteiger partial charge in [-0.25, -0.2) is 0 Å².